The molecule has 5 nitrogen and oxygen atoms in total. The van der Waals surface area contributed by atoms with Crippen LogP contribution in [0.5, 0.6) is 0 Å². The molecule has 2 aromatic heterocycles. The summed E-state index contributed by atoms with van der Waals surface area (Å²) in [5.41, 5.74) is 3.30. The third-order valence-corrected chi connectivity index (χ3v) is 7.30. The largest absolute Gasteiger partial charge is 0.355 e. The van der Waals surface area contributed by atoms with Crippen LogP contribution in [0.2, 0.25) is 0 Å². The van der Waals surface area contributed by atoms with Crippen molar-refractivity contribution in [3.63, 3.8) is 0 Å². The molecule has 2 aromatic carbocycles. The van der Waals surface area contributed by atoms with Gasteiger partial charge in [0.15, 0.2) is 5.16 Å². The van der Waals surface area contributed by atoms with Crippen molar-refractivity contribution in [3.05, 3.63) is 86.3 Å². The van der Waals surface area contributed by atoms with Crippen LogP contribution in [-0.4, -0.2) is 27.3 Å². The van der Waals surface area contributed by atoms with Crippen LogP contribution in [0.3, 0.4) is 0 Å². The number of aromatic nitrogens is 2. The smallest absolute Gasteiger partial charge is 0.266 e. The van der Waals surface area contributed by atoms with Gasteiger partial charge in [0.2, 0.25) is 5.91 Å². The summed E-state index contributed by atoms with van der Waals surface area (Å²) in [4.78, 5) is 32.3. The summed E-state index contributed by atoms with van der Waals surface area (Å²) in [6.45, 7) is 6.40. The van der Waals surface area contributed by atoms with E-state index in [1.165, 1.54) is 16.6 Å². The maximum Gasteiger partial charge on any atom is 0.266 e. The lowest BCUT2D eigenvalue weighted by molar-refractivity contribution is -0.120. The van der Waals surface area contributed by atoms with E-state index >= 15 is 0 Å². The molecule has 1 unspecified atom stereocenters. The third-order valence-electron chi connectivity index (χ3n) is 5.31. The first kappa shape index (κ1) is 22.3. The quantitative estimate of drug-likeness (QED) is 0.313. The summed E-state index contributed by atoms with van der Waals surface area (Å²) in [5, 5.41) is 5.72. The molecule has 4 aromatic rings. The molecule has 0 bridgehead atoms. The Morgan fingerprint density at radius 2 is 1.84 bits per heavy atom. The van der Waals surface area contributed by atoms with E-state index in [2.05, 4.69) is 11.4 Å². The van der Waals surface area contributed by atoms with Gasteiger partial charge in [0.25, 0.3) is 5.56 Å². The normalized spacial score (nSPS) is 12.1. The Morgan fingerprint density at radius 1 is 1.09 bits per heavy atom. The number of carbonyl (C=O) groups is 1. The van der Waals surface area contributed by atoms with Gasteiger partial charge in [-0.1, -0.05) is 48.2 Å². The van der Waals surface area contributed by atoms with Crippen LogP contribution in [-0.2, 0) is 11.2 Å². The topological polar surface area (TPSA) is 64.0 Å². The SMILES string of the molecule is Cc1cccc(C)c1-n1c(SC(C)C(=O)NCCc2cccs2)nc2ccccc2c1=O. The molecule has 0 fully saturated rings. The highest BCUT2D eigenvalue weighted by molar-refractivity contribution is 8.00. The first-order valence-electron chi connectivity index (χ1n) is 10.5. The van der Waals surface area contributed by atoms with Gasteiger partial charge in [0.05, 0.1) is 21.8 Å². The highest BCUT2D eigenvalue weighted by atomic mass is 32.2. The van der Waals surface area contributed by atoms with Gasteiger partial charge in [-0.25, -0.2) is 4.98 Å². The number of fused-ring (bicyclic) bond motifs is 1. The van der Waals surface area contributed by atoms with Crippen LogP contribution in [0.1, 0.15) is 22.9 Å². The average molecular weight is 464 g/mol. The maximum atomic E-state index is 13.5. The monoisotopic (exact) mass is 463 g/mol. The second-order valence-corrected chi connectivity index (χ2v) is 10.0. The molecule has 0 aliphatic heterocycles. The number of benzene rings is 2. The van der Waals surface area contributed by atoms with Crippen molar-refractivity contribution in [1.29, 1.82) is 0 Å². The highest BCUT2D eigenvalue weighted by Crippen LogP contribution is 2.28. The van der Waals surface area contributed by atoms with E-state index in [4.69, 9.17) is 4.98 Å². The Morgan fingerprint density at radius 3 is 2.56 bits per heavy atom. The number of hydrogen-bond acceptors (Lipinski definition) is 5. The molecule has 7 heteroatoms. The fourth-order valence-corrected chi connectivity index (χ4v) is 5.31. The summed E-state index contributed by atoms with van der Waals surface area (Å²) in [6, 6.07) is 17.4. The minimum atomic E-state index is -0.401. The number of thioether (sulfide) groups is 1. The molecule has 4 rings (SSSR count). The van der Waals surface area contributed by atoms with Crippen molar-refractivity contribution in [2.45, 2.75) is 37.6 Å². The van der Waals surface area contributed by atoms with Gasteiger partial charge >= 0.3 is 0 Å². The number of para-hydroxylation sites is 2. The van der Waals surface area contributed by atoms with Crippen molar-refractivity contribution >= 4 is 39.9 Å². The van der Waals surface area contributed by atoms with Crippen LogP contribution in [0.15, 0.2) is 69.9 Å². The lowest BCUT2D eigenvalue weighted by atomic mass is 10.1. The minimum Gasteiger partial charge on any atom is -0.355 e. The Labute approximate surface area is 195 Å². The van der Waals surface area contributed by atoms with Gasteiger partial charge in [-0.15, -0.1) is 11.3 Å². The number of rotatable bonds is 7. The second-order valence-electron chi connectivity index (χ2n) is 7.67. The molecule has 1 N–H and O–H groups in total. The molecule has 0 spiro atoms. The number of aryl methyl sites for hydroxylation is 2. The zero-order chi connectivity index (χ0) is 22.7. The first-order chi connectivity index (χ1) is 15.5. The van der Waals surface area contributed by atoms with Crippen molar-refractivity contribution in [2.75, 3.05) is 6.54 Å². The molecular formula is C25H25N3O2S2. The van der Waals surface area contributed by atoms with Crippen LogP contribution < -0.4 is 10.9 Å². The van der Waals surface area contributed by atoms with Crippen molar-refractivity contribution < 1.29 is 4.79 Å². The number of carbonyl (C=O) groups excluding carboxylic acids is 1. The van der Waals surface area contributed by atoms with E-state index in [0.717, 1.165) is 23.2 Å². The minimum absolute atomic E-state index is 0.0676. The molecule has 0 aliphatic carbocycles. The van der Waals surface area contributed by atoms with Gasteiger partial charge in [-0.05, 0) is 61.9 Å². The summed E-state index contributed by atoms with van der Waals surface area (Å²) >= 11 is 3.00. The van der Waals surface area contributed by atoms with Crippen LogP contribution in [0, 0.1) is 13.8 Å². The van der Waals surface area contributed by atoms with Crippen LogP contribution >= 0.6 is 23.1 Å². The van der Waals surface area contributed by atoms with Crippen molar-refractivity contribution in [1.82, 2.24) is 14.9 Å². The average Bonchev–Trinajstić information content (AvgIpc) is 3.29. The molecule has 32 heavy (non-hydrogen) atoms. The summed E-state index contributed by atoms with van der Waals surface area (Å²) in [6.07, 6.45) is 0.808. The second kappa shape index (κ2) is 9.71. The van der Waals surface area contributed by atoms with Gasteiger partial charge < -0.3 is 5.32 Å². The van der Waals surface area contributed by atoms with Gasteiger partial charge in [-0.3, -0.25) is 14.2 Å². The van der Waals surface area contributed by atoms with E-state index in [9.17, 15) is 9.59 Å². The molecule has 0 saturated carbocycles. The fraction of sp³-hybridized carbons (Fsp3) is 0.240. The Hall–Kier alpha value is -2.90. The summed E-state index contributed by atoms with van der Waals surface area (Å²) in [5.74, 6) is -0.0676. The fourth-order valence-electron chi connectivity index (χ4n) is 3.67. The number of nitrogens with zero attached hydrogens (tertiary/aromatic N) is 2. The Balaban J connectivity index is 1.67. The first-order valence-corrected chi connectivity index (χ1v) is 12.3. The molecule has 164 valence electrons. The van der Waals surface area contributed by atoms with E-state index in [-0.39, 0.29) is 11.5 Å². The van der Waals surface area contributed by atoms with Gasteiger partial charge in [0, 0.05) is 11.4 Å². The number of thiophene rings is 1. The summed E-state index contributed by atoms with van der Waals surface area (Å²) < 4.78 is 1.66. The van der Waals surface area contributed by atoms with E-state index < -0.39 is 5.25 Å². The third kappa shape index (κ3) is 4.64. The zero-order valence-electron chi connectivity index (χ0n) is 18.3. The predicted octanol–water partition coefficient (Wildman–Crippen LogP) is 4.90. The standard InChI is InChI=1S/C25H25N3O2S2/c1-16-8-6-9-17(2)22(16)28-24(30)20-11-4-5-12-21(20)27-25(28)32-18(3)23(29)26-14-13-19-10-7-15-31-19/h4-12,15,18H,13-14H2,1-3H3,(H,26,29). The Kier molecular flexibility index (Phi) is 6.77. The summed E-state index contributed by atoms with van der Waals surface area (Å²) in [7, 11) is 0. The lowest BCUT2D eigenvalue weighted by Gasteiger charge is -2.19. The molecule has 0 aliphatic rings. The van der Waals surface area contributed by atoms with Gasteiger partial charge in [-0.2, -0.15) is 0 Å². The van der Waals surface area contributed by atoms with E-state index in [1.54, 1.807) is 22.0 Å². The molecule has 1 atom stereocenters. The van der Waals surface area contributed by atoms with E-state index in [0.29, 0.717) is 22.6 Å². The van der Waals surface area contributed by atoms with Gasteiger partial charge in [0.1, 0.15) is 0 Å². The lowest BCUT2D eigenvalue weighted by Crippen LogP contribution is -2.33. The van der Waals surface area contributed by atoms with Crippen LogP contribution in [0.4, 0.5) is 0 Å². The number of hydrogen-bond donors (Lipinski definition) is 1. The van der Waals surface area contributed by atoms with Crippen molar-refractivity contribution in [2.24, 2.45) is 0 Å². The zero-order valence-corrected chi connectivity index (χ0v) is 19.9. The predicted molar refractivity (Wildman–Crippen MR) is 133 cm³/mol. The molecule has 0 radical (unpaired) electrons. The molecule has 2 heterocycles. The molecule has 0 saturated heterocycles. The maximum absolute atomic E-state index is 13.5. The molecular weight excluding hydrogens is 438 g/mol. The van der Waals surface area contributed by atoms with Crippen LogP contribution in [0.25, 0.3) is 16.6 Å². The number of nitrogens with one attached hydrogen (secondary N) is 1. The van der Waals surface area contributed by atoms with E-state index in [1.807, 2.05) is 68.6 Å². The molecule has 1 amide bonds. The number of amides is 1. The highest BCUT2D eigenvalue weighted by Gasteiger charge is 2.21. The van der Waals surface area contributed by atoms with Crippen molar-refractivity contribution in [3.8, 4) is 5.69 Å². The Bertz CT molecular complexity index is 1290.